The van der Waals surface area contributed by atoms with Crippen molar-refractivity contribution in [3.05, 3.63) is 76.5 Å². The van der Waals surface area contributed by atoms with Crippen LogP contribution in [0.3, 0.4) is 0 Å². The Hall–Kier alpha value is -3.28. The molecule has 0 saturated carbocycles. The van der Waals surface area contributed by atoms with Gasteiger partial charge in [0, 0.05) is 22.0 Å². The zero-order valence-corrected chi connectivity index (χ0v) is 20.3. The minimum atomic E-state index is -0.563. The number of carbonyl (C=O) groups is 1. The van der Waals surface area contributed by atoms with Crippen molar-refractivity contribution >= 4 is 46.6 Å². The third kappa shape index (κ3) is 4.54. The van der Waals surface area contributed by atoms with E-state index in [0.717, 1.165) is 20.5 Å². The number of halogens is 1. The van der Waals surface area contributed by atoms with E-state index >= 15 is 0 Å². The van der Waals surface area contributed by atoms with Crippen molar-refractivity contribution in [3.63, 3.8) is 0 Å². The van der Waals surface area contributed by atoms with Gasteiger partial charge in [-0.15, -0.1) is 10.2 Å². The minimum Gasteiger partial charge on any atom is -0.463 e. The molecule has 0 spiro atoms. The molecule has 0 fully saturated rings. The molecule has 0 aliphatic carbocycles. The number of tetrazole rings is 1. The third-order valence-corrected chi connectivity index (χ3v) is 7.43. The van der Waals surface area contributed by atoms with Gasteiger partial charge in [-0.1, -0.05) is 82.3 Å². The molecule has 1 aliphatic heterocycles. The van der Waals surface area contributed by atoms with E-state index < -0.39 is 12.0 Å². The maximum absolute atomic E-state index is 13.1. The van der Waals surface area contributed by atoms with Crippen LogP contribution in [0.5, 0.6) is 0 Å². The normalized spacial score (nSPS) is 15.1. The number of aromatic nitrogens is 6. The van der Waals surface area contributed by atoms with Crippen LogP contribution in [0.1, 0.15) is 18.5 Å². The maximum atomic E-state index is 13.1. The number of nitrogens with one attached hydrogen (secondary N) is 1. The number of nitrogens with zero attached hydrogens (tertiary/aromatic N) is 6. The molecule has 12 heteroatoms. The van der Waals surface area contributed by atoms with Crippen molar-refractivity contribution in [2.24, 2.45) is 0 Å². The number of hydrogen-bond donors (Lipinski definition) is 1. The van der Waals surface area contributed by atoms with Crippen LogP contribution >= 0.6 is 34.7 Å². The lowest BCUT2D eigenvalue weighted by Crippen LogP contribution is -2.31. The number of benzene rings is 2. The second kappa shape index (κ2) is 9.92. The molecular formula is C22H18ClN7O2S2. The molecule has 4 aromatic rings. The van der Waals surface area contributed by atoms with E-state index in [0.29, 0.717) is 28.0 Å². The average Bonchev–Trinajstić information content (AvgIpc) is 3.53. The zero-order chi connectivity index (χ0) is 23.5. The predicted molar refractivity (Wildman–Crippen MR) is 131 cm³/mol. The monoisotopic (exact) mass is 511 g/mol. The number of fused-ring (bicyclic) bond motifs is 1. The SMILES string of the molecule is CCOC(=O)C1=C(CSc2nnc(-c3ccccc3)s2)Nc2nnnn2C1c1ccc(Cl)cc1. The number of thioether (sulfide) groups is 1. The van der Waals surface area contributed by atoms with E-state index in [-0.39, 0.29) is 6.61 Å². The molecule has 2 aromatic heterocycles. The summed E-state index contributed by atoms with van der Waals surface area (Å²) in [4.78, 5) is 13.1. The van der Waals surface area contributed by atoms with E-state index in [2.05, 4.69) is 31.0 Å². The van der Waals surface area contributed by atoms with E-state index in [4.69, 9.17) is 16.3 Å². The highest BCUT2D eigenvalue weighted by Crippen LogP contribution is 2.38. The Morgan fingerprint density at radius 1 is 1.15 bits per heavy atom. The van der Waals surface area contributed by atoms with Gasteiger partial charge in [-0.05, 0) is 35.0 Å². The third-order valence-electron chi connectivity index (χ3n) is 5.05. The molecule has 34 heavy (non-hydrogen) atoms. The molecule has 0 amide bonds. The number of carbonyl (C=O) groups excluding carboxylic acids is 1. The summed E-state index contributed by atoms with van der Waals surface area (Å²) in [5.74, 6) is 0.425. The average molecular weight is 512 g/mol. The molecule has 3 heterocycles. The lowest BCUT2D eigenvalue weighted by Gasteiger charge is -2.28. The van der Waals surface area contributed by atoms with E-state index in [1.165, 1.54) is 23.1 Å². The van der Waals surface area contributed by atoms with Crippen molar-refractivity contribution < 1.29 is 9.53 Å². The first-order valence-corrected chi connectivity index (χ1v) is 12.5. The van der Waals surface area contributed by atoms with Gasteiger partial charge in [-0.25, -0.2) is 4.79 Å². The van der Waals surface area contributed by atoms with Gasteiger partial charge in [0.15, 0.2) is 4.34 Å². The van der Waals surface area contributed by atoms with Crippen LogP contribution in [-0.2, 0) is 9.53 Å². The highest BCUT2D eigenvalue weighted by atomic mass is 35.5. The molecule has 9 nitrogen and oxygen atoms in total. The molecule has 1 atom stereocenters. The Morgan fingerprint density at radius 3 is 2.71 bits per heavy atom. The minimum absolute atomic E-state index is 0.245. The Morgan fingerprint density at radius 2 is 1.94 bits per heavy atom. The maximum Gasteiger partial charge on any atom is 0.338 e. The lowest BCUT2D eigenvalue weighted by molar-refractivity contribution is -0.139. The number of esters is 1. The van der Waals surface area contributed by atoms with Gasteiger partial charge in [0.2, 0.25) is 5.95 Å². The van der Waals surface area contributed by atoms with Gasteiger partial charge >= 0.3 is 5.97 Å². The standard InChI is InChI=1S/C22H18ClN7O2S2/c1-2-32-20(31)17-16(12-33-22-27-25-19(34-22)14-6-4-3-5-7-14)24-21-26-28-29-30(21)18(17)13-8-10-15(23)11-9-13/h3-11,18H,2,12H2,1H3,(H,24,26,29). The first-order chi connectivity index (χ1) is 16.6. The number of anilines is 1. The molecular weight excluding hydrogens is 494 g/mol. The summed E-state index contributed by atoms with van der Waals surface area (Å²) < 4.78 is 7.77. The fourth-order valence-corrected chi connectivity index (χ4v) is 5.50. The van der Waals surface area contributed by atoms with Crippen molar-refractivity contribution in [1.29, 1.82) is 0 Å². The fraction of sp³-hybridized carbons (Fsp3) is 0.182. The quantitative estimate of drug-likeness (QED) is 0.284. The molecule has 2 aromatic carbocycles. The van der Waals surface area contributed by atoms with E-state index in [9.17, 15) is 4.79 Å². The number of ether oxygens (including phenoxy) is 1. The molecule has 1 N–H and O–H groups in total. The van der Waals surface area contributed by atoms with Crippen molar-refractivity contribution in [1.82, 2.24) is 30.4 Å². The van der Waals surface area contributed by atoms with Gasteiger partial charge in [-0.2, -0.15) is 4.68 Å². The Balaban J connectivity index is 1.49. The molecule has 172 valence electrons. The van der Waals surface area contributed by atoms with Gasteiger partial charge < -0.3 is 10.1 Å². The summed E-state index contributed by atoms with van der Waals surface area (Å²) in [6.45, 7) is 2.02. The van der Waals surface area contributed by atoms with Gasteiger partial charge in [0.25, 0.3) is 0 Å². The highest BCUT2D eigenvalue weighted by Gasteiger charge is 2.36. The number of hydrogen-bond acceptors (Lipinski definition) is 10. The number of rotatable bonds is 7. The molecule has 0 radical (unpaired) electrons. The second-order valence-corrected chi connectivity index (χ2v) is 9.80. The summed E-state index contributed by atoms with van der Waals surface area (Å²) in [6, 6.07) is 16.6. The fourth-order valence-electron chi connectivity index (χ4n) is 3.55. The Labute approximate surface area is 208 Å². The second-order valence-electron chi connectivity index (χ2n) is 7.17. The van der Waals surface area contributed by atoms with Crippen LogP contribution in [-0.4, -0.2) is 48.7 Å². The topological polar surface area (TPSA) is 108 Å². The largest absolute Gasteiger partial charge is 0.463 e. The van der Waals surface area contributed by atoms with Crippen LogP contribution in [0, 0.1) is 0 Å². The first kappa shape index (κ1) is 22.5. The van der Waals surface area contributed by atoms with E-state index in [1.807, 2.05) is 42.5 Å². The summed E-state index contributed by atoms with van der Waals surface area (Å²) in [5.41, 5.74) is 2.91. The molecule has 0 bridgehead atoms. The highest BCUT2D eigenvalue weighted by molar-refractivity contribution is 8.01. The van der Waals surface area contributed by atoms with Crippen molar-refractivity contribution in [3.8, 4) is 10.6 Å². The molecule has 0 saturated heterocycles. The lowest BCUT2D eigenvalue weighted by atomic mass is 9.96. The van der Waals surface area contributed by atoms with Gasteiger partial charge in [-0.3, -0.25) is 0 Å². The smallest absolute Gasteiger partial charge is 0.338 e. The van der Waals surface area contributed by atoms with Gasteiger partial charge in [0.05, 0.1) is 12.2 Å². The molecule has 1 unspecified atom stereocenters. The predicted octanol–water partition coefficient (Wildman–Crippen LogP) is 4.47. The summed E-state index contributed by atoms with van der Waals surface area (Å²) in [5, 5.41) is 25.2. The summed E-state index contributed by atoms with van der Waals surface area (Å²) in [6.07, 6.45) is 0. The van der Waals surface area contributed by atoms with Crippen molar-refractivity contribution in [2.75, 3.05) is 17.7 Å². The summed E-state index contributed by atoms with van der Waals surface area (Å²) >= 11 is 9.06. The van der Waals surface area contributed by atoms with Crippen LogP contribution in [0.25, 0.3) is 10.6 Å². The molecule has 5 rings (SSSR count). The van der Waals surface area contributed by atoms with Crippen LogP contribution in [0.15, 0.2) is 70.2 Å². The van der Waals surface area contributed by atoms with Crippen LogP contribution in [0.2, 0.25) is 5.02 Å². The Bertz CT molecular complexity index is 1340. The summed E-state index contributed by atoms with van der Waals surface area (Å²) in [7, 11) is 0. The Kier molecular flexibility index (Phi) is 6.57. The van der Waals surface area contributed by atoms with Crippen LogP contribution < -0.4 is 5.32 Å². The van der Waals surface area contributed by atoms with Crippen molar-refractivity contribution in [2.45, 2.75) is 17.3 Å². The molecule has 1 aliphatic rings. The van der Waals surface area contributed by atoms with E-state index in [1.54, 1.807) is 23.7 Å². The van der Waals surface area contributed by atoms with Crippen LogP contribution in [0.4, 0.5) is 5.95 Å². The van der Waals surface area contributed by atoms with Gasteiger partial charge in [0.1, 0.15) is 11.0 Å². The zero-order valence-electron chi connectivity index (χ0n) is 17.9. The first-order valence-electron chi connectivity index (χ1n) is 10.4.